The molecule has 1 aromatic rings. The van der Waals surface area contributed by atoms with E-state index in [0.717, 1.165) is 18.1 Å². The largest absolute Gasteiger partial charge is 0.469 e. The fourth-order valence-corrected chi connectivity index (χ4v) is 2.68. The standard InChI is InChI=1S/C10H11NO2S2/c12-9(11-5-7-15-10(11)14)4-3-8-2-1-6-13-8/h1-2,6H,3-5,7H2. The molecule has 1 aliphatic heterocycles. The second-order valence-electron chi connectivity index (χ2n) is 3.24. The van der Waals surface area contributed by atoms with Gasteiger partial charge in [0, 0.05) is 25.1 Å². The molecule has 0 aromatic carbocycles. The lowest BCUT2D eigenvalue weighted by molar-refractivity contribution is -0.126. The summed E-state index contributed by atoms with van der Waals surface area (Å²) in [4.78, 5) is 13.4. The van der Waals surface area contributed by atoms with Crippen molar-refractivity contribution < 1.29 is 9.21 Å². The van der Waals surface area contributed by atoms with Crippen LogP contribution in [0.4, 0.5) is 0 Å². The highest BCUT2D eigenvalue weighted by Crippen LogP contribution is 2.19. The Morgan fingerprint density at radius 3 is 3.13 bits per heavy atom. The van der Waals surface area contributed by atoms with E-state index in [-0.39, 0.29) is 5.91 Å². The summed E-state index contributed by atoms with van der Waals surface area (Å²) in [5.41, 5.74) is 0. The van der Waals surface area contributed by atoms with E-state index >= 15 is 0 Å². The average molecular weight is 241 g/mol. The average Bonchev–Trinajstić information content (AvgIpc) is 2.84. The number of aryl methyl sites for hydroxylation is 1. The van der Waals surface area contributed by atoms with Gasteiger partial charge < -0.3 is 4.42 Å². The van der Waals surface area contributed by atoms with Gasteiger partial charge in [0.05, 0.1) is 6.26 Å². The molecule has 1 aromatic heterocycles. The zero-order chi connectivity index (χ0) is 10.7. The van der Waals surface area contributed by atoms with Crippen LogP contribution in [0.3, 0.4) is 0 Å². The van der Waals surface area contributed by atoms with E-state index in [1.807, 2.05) is 12.1 Å². The Labute approximate surface area is 97.8 Å². The van der Waals surface area contributed by atoms with Crippen molar-refractivity contribution >= 4 is 34.2 Å². The molecule has 2 rings (SSSR count). The molecule has 1 amide bonds. The van der Waals surface area contributed by atoms with Crippen molar-refractivity contribution in [2.45, 2.75) is 12.8 Å². The molecule has 3 nitrogen and oxygen atoms in total. The maximum Gasteiger partial charge on any atom is 0.228 e. The molecule has 2 heterocycles. The van der Waals surface area contributed by atoms with Crippen molar-refractivity contribution in [3.05, 3.63) is 24.2 Å². The molecule has 0 atom stereocenters. The Morgan fingerprint density at radius 2 is 2.53 bits per heavy atom. The molecule has 80 valence electrons. The summed E-state index contributed by atoms with van der Waals surface area (Å²) >= 11 is 6.65. The Kier molecular flexibility index (Phi) is 3.43. The van der Waals surface area contributed by atoms with Crippen LogP contribution >= 0.6 is 24.0 Å². The van der Waals surface area contributed by atoms with Gasteiger partial charge in [0.25, 0.3) is 0 Å². The van der Waals surface area contributed by atoms with Crippen LogP contribution in [0.2, 0.25) is 0 Å². The Hall–Kier alpha value is -0.810. The van der Waals surface area contributed by atoms with Gasteiger partial charge in [-0.15, -0.1) is 0 Å². The summed E-state index contributed by atoms with van der Waals surface area (Å²) < 4.78 is 5.87. The summed E-state index contributed by atoms with van der Waals surface area (Å²) in [6.45, 7) is 0.750. The van der Waals surface area contributed by atoms with Crippen LogP contribution in [0.5, 0.6) is 0 Å². The molecule has 0 saturated carbocycles. The Morgan fingerprint density at radius 1 is 1.67 bits per heavy atom. The van der Waals surface area contributed by atoms with Gasteiger partial charge in [0.1, 0.15) is 10.1 Å². The first kappa shape index (κ1) is 10.7. The highest BCUT2D eigenvalue weighted by Gasteiger charge is 2.23. The summed E-state index contributed by atoms with van der Waals surface area (Å²) in [5, 5.41) is 0. The molecule has 15 heavy (non-hydrogen) atoms. The van der Waals surface area contributed by atoms with Crippen molar-refractivity contribution in [2.75, 3.05) is 12.3 Å². The van der Waals surface area contributed by atoms with E-state index in [1.54, 1.807) is 22.9 Å². The maximum absolute atomic E-state index is 11.7. The Balaban J connectivity index is 1.84. The van der Waals surface area contributed by atoms with Crippen molar-refractivity contribution in [2.24, 2.45) is 0 Å². The van der Waals surface area contributed by atoms with Crippen LogP contribution in [-0.4, -0.2) is 27.4 Å². The van der Waals surface area contributed by atoms with E-state index in [4.69, 9.17) is 16.6 Å². The van der Waals surface area contributed by atoms with Gasteiger partial charge in [0.15, 0.2) is 0 Å². The lowest BCUT2D eigenvalue weighted by atomic mass is 10.2. The van der Waals surface area contributed by atoms with Crippen molar-refractivity contribution in [3.8, 4) is 0 Å². The maximum atomic E-state index is 11.7. The van der Waals surface area contributed by atoms with Crippen molar-refractivity contribution in [1.29, 1.82) is 0 Å². The quantitative estimate of drug-likeness (QED) is 0.759. The molecule has 0 radical (unpaired) electrons. The molecule has 1 fully saturated rings. The number of carbonyl (C=O) groups is 1. The van der Waals surface area contributed by atoms with E-state index < -0.39 is 0 Å². The minimum Gasteiger partial charge on any atom is -0.469 e. The number of thioether (sulfide) groups is 1. The third-order valence-electron chi connectivity index (χ3n) is 2.23. The molecule has 0 aliphatic carbocycles. The molecule has 0 unspecified atom stereocenters. The number of amides is 1. The third kappa shape index (κ3) is 2.60. The fourth-order valence-electron chi connectivity index (χ4n) is 1.44. The topological polar surface area (TPSA) is 33.5 Å². The lowest BCUT2D eigenvalue weighted by Crippen LogP contribution is -2.30. The van der Waals surface area contributed by atoms with Gasteiger partial charge in [-0.2, -0.15) is 0 Å². The Bertz CT molecular complexity index is 362. The predicted octanol–water partition coefficient (Wildman–Crippen LogP) is 2.07. The molecule has 0 N–H and O–H groups in total. The summed E-state index contributed by atoms with van der Waals surface area (Å²) in [6.07, 6.45) is 2.74. The molecule has 0 spiro atoms. The highest BCUT2D eigenvalue weighted by atomic mass is 32.2. The first-order valence-corrected chi connectivity index (χ1v) is 6.16. The highest BCUT2D eigenvalue weighted by molar-refractivity contribution is 8.23. The van der Waals surface area contributed by atoms with Crippen molar-refractivity contribution in [3.63, 3.8) is 0 Å². The van der Waals surface area contributed by atoms with Gasteiger partial charge >= 0.3 is 0 Å². The second kappa shape index (κ2) is 4.81. The van der Waals surface area contributed by atoms with Gasteiger partial charge in [-0.25, -0.2) is 0 Å². The molecule has 1 saturated heterocycles. The first-order valence-electron chi connectivity index (χ1n) is 4.77. The molecule has 5 heteroatoms. The van der Waals surface area contributed by atoms with Gasteiger partial charge in [0.2, 0.25) is 5.91 Å². The molecular weight excluding hydrogens is 230 g/mol. The van der Waals surface area contributed by atoms with E-state index in [1.165, 1.54) is 0 Å². The van der Waals surface area contributed by atoms with Gasteiger partial charge in [-0.05, 0) is 12.1 Å². The minimum atomic E-state index is 0.0985. The number of thiocarbonyl (C=S) groups is 1. The first-order chi connectivity index (χ1) is 7.27. The third-order valence-corrected chi connectivity index (χ3v) is 3.66. The molecule has 1 aliphatic rings. The van der Waals surface area contributed by atoms with Gasteiger partial charge in [-0.3, -0.25) is 9.69 Å². The smallest absolute Gasteiger partial charge is 0.228 e. The zero-order valence-electron chi connectivity index (χ0n) is 8.14. The molecule has 0 bridgehead atoms. The van der Waals surface area contributed by atoms with Gasteiger partial charge in [-0.1, -0.05) is 24.0 Å². The number of hydrogen-bond acceptors (Lipinski definition) is 4. The predicted molar refractivity (Wildman–Crippen MR) is 63.8 cm³/mol. The molecular formula is C10H11NO2S2. The fraction of sp³-hybridized carbons (Fsp3) is 0.400. The number of nitrogens with zero attached hydrogens (tertiary/aromatic N) is 1. The SMILES string of the molecule is O=C(CCc1ccco1)N1CCSC1=S. The number of hydrogen-bond donors (Lipinski definition) is 0. The summed E-state index contributed by atoms with van der Waals surface area (Å²) in [6, 6.07) is 3.71. The summed E-state index contributed by atoms with van der Waals surface area (Å²) in [5.74, 6) is 1.87. The number of furan rings is 1. The van der Waals surface area contributed by atoms with E-state index in [9.17, 15) is 4.79 Å². The van der Waals surface area contributed by atoms with Crippen LogP contribution in [0.25, 0.3) is 0 Å². The van der Waals surface area contributed by atoms with Crippen LogP contribution in [0, 0.1) is 0 Å². The van der Waals surface area contributed by atoms with Crippen LogP contribution < -0.4 is 0 Å². The zero-order valence-corrected chi connectivity index (χ0v) is 9.77. The van der Waals surface area contributed by atoms with Crippen molar-refractivity contribution in [1.82, 2.24) is 4.90 Å². The lowest BCUT2D eigenvalue weighted by Gasteiger charge is -2.13. The van der Waals surface area contributed by atoms with Crippen LogP contribution in [-0.2, 0) is 11.2 Å². The number of rotatable bonds is 3. The normalized spacial score (nSPS) is 16.0. The van der Waals surface area contributed by atoms with E-state index in [0.29, 0.717) is 17.2 Å². The monoisotopic (exact) mass is 241 g/mol. The van der Waals surface area contributed by atoms with Crippen LogP contribution in [0.1, 0.15) is 12.2 Å². The van der Waals surface area contributed by atoms with Crippen LogP contribution in [0.15, 0.2) is 22.8 Å². The number of carbonyl (C=O) groups excluding carboxylic acids is 1. The second-order valence-corrected chi connectivity index (χ2v) is 4.97. The minimum absolute atomic E-state index is 0.0985. The van der Waals surface area contributed by atoms with E-state index in [2.05, 4.69) is 0 Å². The summed E-state index contributed by atoms with van der Waals surface area (Å²) in [7, 11) is 0.